The van der Waals surface area contributed by atoms with Gasteiger partial charge in [-0.15, -0.1) is 0 Å². The molecule has 0 radical (unpaired) electrons. The van der Waals surface area contributed by atoms with Crippen LogP contribution in [-0.2, 0) is 6.61 Å². The van der Waals surface area contributed by atoms with Gasteiger partial charge in [0.05, 0.1) is 5.69 Å². The number of hydrogen-bond donors (Lipinski definition) is 0. The van der Waals surface area contributed by atoms with Crippen molar-refractivity contribution in [3.63, 3.8) is 0 Å². The van der Waals surface area contributed by atoms with Gasteiger partial charge in [-0.1, -0.05) is 60.2 Å². The Kier molecular flexibility index (Phi) is 4.97. The number of benzene rings is 4. The maximum absolute atomic E-state index is 5.99. The lowest BCUT2D eigenvalue weighted by atomic mass is 10.1. The minimum absolute atomic E-state index is 0.554. The summed E-state index contributed by atoms with van der Waals surface area (Å²) < 4.78 is 5.99. The van der Waals surface area contributed by atoms with Crippen LogP contribution in [0.2, 0.25) is 0 Å². The van der Waals surface area contributed by atoms with Crippen LogP contribution in [0.15, 0.2) is 96.0 Å². The van der Waals surface area contributed by atoms with E-state index in [0.717, 1.165) is 17.0 Å². The van der Waals surface area contributed by atoms with Gasteiger partial charge in [-0.25, -0.2) is 0 Å². The molecule has 4 rings (SSSR count). The summed E-state index contributed by atoms with van der Waals surface area (Å²) in [7, 11) is 0. The van der Waals surface area contributed by atoms with Crippen molar-refractivity contribution in [1.29, 1.82) is 0 Å². The fourth-order valence-electron chi connectivity index (χ4n) is 3.01. The van der Waals surface area contributed by atoms with E-state index in [2.05, 4.69) is 66.5 Å². The average Bonchev–Trinajstić information content (AvgIpc) is 2.72. The molecule has 0 saturated carbocycles. The molecular formula is C25H21NO. The number of fused-ring (bicyclic) bond motifs is 1. The standard InChI is InChI=1S/C25H21NO/c1-19-9-13-23(14-10-19)26-17-20-11-15-24(16-12-20)27-18-22-7-4-6-21-5-2-3-8-25(21)22/h2-17H,18H2,1H3. The molecule has 0 atom stereocenters. The molecule has 0 heterocycles. The predicted molar refractivity (Wildman–Crippen MR) is 113 cm³/mol. The third-order valence-corrected chi connectivity index (χ3v) is 4.55. The summed E-state index contributed by atoms with van der Waals surface area (Å²) in [5, 5.41) is 2.48. The van der Waals surface area contributed by atoms with Crippen molar-refractivity contribution in [2.24, 2.45) is 4.99 Å². The number of ether oxygens (including phenoxy) is 1. The zero-order chi connectivity index (χ0) is 18.5. The number of rotatable bonds is 5. The molecule has 0 fully saturated rings. The first-order chi connectivity index (χ1) is 13.3. The number of nitrogens with zero attached hydrogens (tertiary/aromatic N) is 1. The fraction of sp³-hybridized carbons (Fsp3) is 0.0800. The highest BCUT2D eigenvalue weighted by Crippen LogP contribution is 2.21. The van der Waals surface area contributed by atoms with Crippen LogP contribution in [0, 0.1) is 6.92 Å². The number of aryl methyl sites for hydroxylation is 1. The van der Waals surface area contributed by atoms with Crippen molar-refractivity contribution in [2.45, 2.75) is 13.5 Å². The summed E-state index contributed by atoms with van der Waals surface area (Å²) in [6.07, 6.45) is 1.87. The monoisotopic (exact) mass is 351 g/mol. The van der Waals surface area contributed by atoms with Crippen LogP contribution in [0.5, 0.6) is 5.75 Å². The van der Waals surface area contributed by atoms with E-state index >= 15 is 0 Å². The number of hydrogen-bond acceptors (Lipinski definition) is 2. The van der Waals surface area contributed by atoms with E-state index < -0.39 is 0 Å². The summed E-state index contributed by atoms with van der Waals surface area (Å²) in [6, 6.07) is 30.9. The van der Waals surface area contributed by atoms with Gasteiger partial charge in [-0.3, -0.25) is 4.99 Å². The van der Waals surface area contributed by atoms with E-state index in [9.17, 15) is 0 Å². The lowest BCUT2D eigenvalue weighted by Crippen LogP contribution is -1.96. The van der Waals surface area contributed by atoms with Crippen molar-refractivity contribution in [2.75, 3.05) is 0 Å². The van der Waals surface area contributed by atoms with E-state index in [4.69, 9.17) is 4.74 Å². The van der Waals surface area contributed by atoms with Gasteiger partial charge < -0.3 is 4.74 Å². The molecule has 0 amide bonds. The summed E-state index contributed by atoms with van der Waals surface area (Å²) in [5.41, 5.74) is 4.43. The molecule has 0 N–H and O–H groups in total. The first kappa shape index (κ1) is 17.0. The predicted octanol–water partition coefficient (Wildman–Crippen LogP) is 6.48. The molecule has 0 aliphatic carbocycles. The van der Waals surface area contributed by atoms with Gasteiger partial charge >= 0.3 is 0 Å². The summed E-state index contributed by atoms with van der Waals surface area (Å²) in [5.74, 6) is 0.857. The van der Waals surface area contributed by atoms with Crippen LogP contribution < -0.4 is 4.74 Å². The second-order valence-corrected chi connectivity index (χ2v) is 6.59. The van der Waals surface area contributed by atoms with E-state index in [1.807, 2.05) is 42.6 Å². The molecule has 0 aliphatic rings. The van der Waals surface area contributed by atoms with Crippen molar-refractivity contribution in [3.05, 3.63) is 108 Å². The van der Waals surface area contributed by atoms with E-state index in [1.54, 1.807) is 0 Å². The molecular weight excluding hydrogens is 330 g/mol. The Bertz CT molecular complexity index is 1060. The lowest BCUT2D eigenvalue weighted by Gasteiger charge is -2.09. The van der Waals surface area contributed by atoms with Crippen LogP contribution in [-0.4, -0.2) is 6.21 Å². The zero-order valence-electron chi connectivity index (χ0n) is 15.3. The van der Waals surface area contributed by atoms with Gasteiger partial charge in [0, 0.05) is 6.21 Å². The van der Waals surface area contributed by atoms with Gasteiger partial charge in [0.2, 0.25) is 0 Å². The SMILES string of the molecule is Cc1ccc(N=Cc2ccc(OCc3cccc4ccccc34)cc2)cc1. The molecule has 27 heavy (non-hydrogen) atoms. The normalized spacial score (nSPS) is 11.1. The maximum Gasteiger partial charge on any atom is 0.119 e. The molecule has 0 bridgehead atoms. The highest BCUT2D eigenvalue weighted by molar-refractivity contribution is 5.85. The minimum atomic E-state index is 0.554. The summed E-state index contributed by atoms with van der Waals surface area (Å²) >= 11 is 0. The molecule has 0 spiro atoms. The quantitative estimate of drug-likeness (QED) is 0.377. The average molecular weight is 351 g/mol. The third-order valence-electron chi connectivity index (χ3n) is 4.55. The van der Waals surface area contributed by atoms with E-state index in [-0.39, 0.29) is 0 Å². The molecule has 132 valence electrons. The first-order valence-electron chi connectivity index (χ1n) is 9.08. The highest BCUT2D eigenvalue weighted by Gasteiger charge is 2.01. The van der Waals surface area contributed by atoms with Crippen molar-refractivity contribution in [3.8, 4) is 5.75 Å². The molecule has 4 aromatic carbocycles. The second kappa shape index (κ2) is 7.88. The van der Waals surface area contributed by atoms with E-state index in [1.165, 1.54) is 21.9 Å². The van der Waals surface area contributed by atoms with Crippen LogP contribution in [0.25, 0.3) is 10.8 Å². The Morgan fingerprint density at radius 1 is 0.778 bits per heavy atom. The lowest BCUT2D eigenvalue weighted by molar-refractivity contribution is 0.307. The Morgan fingerprint density at radius 3 is 2.33 bits per heavy atom. The van der Waals surface area contributed by atoms with Crippen molar-refractivity contribution >= 4 is 22.7 Å². The fourth-order valence-corrected chi connectivity index (χ4v) is 3.01. The van der Waals surface area contributed by atoms with Gasteiger partial charge in [0.25, 0.3) is 0 Å². The van der Waals surface area contributed by atoms with Gasteiger partial charge in [-0.2, -0.15) is 0 Å². The van der Waals surface area contributed by atoms with Crippen LogP contribution >= 0.6 is 0 Å². The smallest absolute Gasteiger partial charge is 0.119 e. The Labute approximate surface area is 159 Å². The maximum atomic E-state index is 5.99. The third kappa shape index (κ3) is 4.24. The molecule has 0 saturated heterocycles. The molecule has 0 aliphatic heterocycles. The molecule has 4 aromatic rings. The Balaban J connectivity index is 1.42. The van der Waals surface area contributed by atoms with Gasteiger partial charge in [-0.05, 0) is 65.2 Å². The molecule has 2 heteroatoms. The molecule has 0 aromatic heterocycles. The van der Waals surface area contributed by atoms with Crippen molar-refractivity contribution in [1.82, 2.24) is 0 Å². The second-order valence-electron chi connectivity index (χ2n) is 6.59. The van der Waals surface area contributed by atoms with Crippen molar-refractivity contribution < 1.29 is 4.74 Å². The van der Waals surface area contributed by atoms with Crippen LogP contribution in [0.4, 0.5) is 5.69 Å². The van der Waals surface area contributed by atoms with Crippen LogP contribution in [0.3, 0.4) is 0 Å². The minimum Gasteiger partial charge on any atom is -0.489 e. The largest absolute Gasteiger partial charge is 0.489 e. The topological polar surface area (TPSA) is 21.6 Å². The zero-order valence-corrected chi connectivity index (χ0v) is 15.3. The molecule has 0 unspecified atom stereocenters. The Hall–Kier alpha value is -3.39. The summed E-state index contributed by atoms with van der Waals surface area (Å²) in [4.78, 5) is 4.51. The highest BCUT2D eigenvalue weighted by atomic mass is 16.5. The Morgan fingerprint density at radius 2 is 1.52 bits per heavy atom. The van der Waals surface area contributed by atoms with Gasteiger partial charge in [0.1, 0.15) is 12.4 Å². The molecule has 2 nitrogen and oxygen atoms in total. The van der Waals surface area contributed by atoms with Gasteiger partial charge in [0.15, 0.2) is 0 Å². The first-order valence-corrected chi connectivity index (χ1v) is 9.08. The van der Waals surface area contributed by atoms with Crippen LogP contribution in [0.1, 0.15) is 16.7 Å². The number of aliphatic imine (C=N–C) groups is 1. The van der Waals surface area contributed by atoms with E-state index in [0.29, 0.717) is 6.61 Å². The summed E-state index contributed by atoms with van der Waals surface area (Å²) in [6.45, 7) is 2.63.